The Hall–Kier alpha value is -3.08. The minimum atomic E-state index is -1.59. The first-order valence-corrected chi connectivity index (χ1v) is 5.57. The Labute approximate surface area is 116 Å². The van der Waals surface area contributed by atoms with Crippen molar-refractivity contribution in [3.63, 3.8) is 0 Å². The molecule has 0 N–H and O–H groups in total. The standard InChI is InChI=1S/C13H6F2N2O4/c14-7-1-2-8(10(15)5-7)9(6-16)13(18)11-3-4-12(21-11)17(19)20/h1-5,9H. The molecule has 0 aliphatic carbocycles. The van der Waals surface area contributed by atoms with Gasteiger partial charge < -0.3 is 4.42 Å². The van der Waals surface area contributed by atoms with Crippen molar-refractivity contribution in [2.75, 3.05) is 0 Å². The average Bonchev–Trinajstić information content (AvgIpc) is 2.91. The number of nitriles is 1. The summed E-state index contributed by atoms with van der Waals surface area (Å²) in [4.78, 5) is 21.7. The van der Waals surface area contributed by atoms with Gasteiger partial charge in [-0.25, -0.2) is 8.78 Å². The largest absolute Gasteiger partial charge is 0.433 e. The van der Waals surface area contributed by atoms with Gasteiger partial charge in [0.1, 0.15) is 22.5 Å². The fourth-order valence-electron chi connectivity index (χ4n) is 1.71. The minimum Gasteiger partial charge on any atom is -0.397 e. The maximum absolute atomic E-state index is 13.6. The molecule has 1 heterocycles. The van der Waals surface area contributed by atoms with Crippen LogP contribution < -0.4 is 0 Å². The second-order valence-electron chi connectivity index (χ2n) is 3.99. The van der Waals surface area contributed by atoms with E-state index in [9.17, 15) is 23.7 Å². The van der Waals surface area contributed by atoms with E-state index in [1.54, 1.807) is 6.07 Å². The number of rotatable bonds is 4. The zero-order chi connectivity index (χ0) is 15.6. The quantitative estimate of drug-likeness (QED) is 0.490. The third-order valence-electron chi connectivity index (χ3n) is 2.68. The predicted octanol–water partition coefficient (Wildman–Crippen LogP) is 2.96. The van der Waals surface area contributed by atoms with Gasteiger partial charge in [0.15, 0.2) is 5.76 Å². The van der Waals surface area contributed by atoms with Crippen LogP contribution >= 0.6 is 0 Å². The summed E-state index contributed by atoms with van der Waals surface area (Å²) in [7, 11) is 0. The van der Waals surface area contributed by atoms with E-state index >= 15 is 0 Å². The summed E-state index contributed by atoms with van der Waals surface area (Å²) in [6.45, 7) is 0. The highest BCUT2D eigenvalue weighted by molar-refractivity contribution is 6.00. The normalized spacial score (nSPS) is 11.7. The van der Waals surface area contributed by atoms with Crippen LogP contribution in [0.25, 0.3) is 0 Å². The van der Waals surface area contributed by atoms with Crippen LogP contribution in [0.5, 0.6) is 0 Å². The third-order valence-corrected chi connectivity index (χ3v) is 2.68. The predicted molar refractivity (Wildman–Crippen MR) is 64.4 cm³/mol. The lowest BCUT2D eigenvalue weighted by atomic mass is 9.94. The molecule has 0 bridgehead atoms. The Morgan fingerprint density at radius 3 is 2.57 bits per heavy atom. The second kappa shape index (κ2) is 5.50. The number of nitrogens with zero attached hydrogens (tertiary/aromatic N) is 2. The summed E-state index contributed by atoms with van der Waals surface area (Å²) in [6, 6.07) is 5.95. The van der Waals surface area contributed by atoms with E-state index in [4.69, 9.17) is 5.26 Å². The number of hydrogen-bond donors (Lipinski definition) is 0. The molecule has 0 saturated carbocycles. The molecule has 8 heteroatoms. The molecule has 0 aliphatic heterocycles. The number of carbonyl (C=O) groups is 1. The molecule has 106 valence electrons. The number of hydrogen-bond acceptors (Lipinski definition) is 5. The number of furan rings is 1. The molecular weight excluding hydrogens is 286 g/mol. The molecule has 1 unspecified atom stereocenters. The Bertz CT molecular complexity index is 764. The fraction of sp³-hybridized carbons (Fsp3) is 0.0769. The number of carbonyl (C=O) groups excluding carboxylic acids is 1. The number of benzene rings is 1. The number of nitro groups is 1. The lowest BCUT2D eigenvalue weighted by Crippen LogP contribution is -2.12. The van der Waals surface area contributed by atoms with Crippen LogP contribution in [0.3, 0.4) is 0 Å². The van der Waals surface area contributed by atoms with E-state index in [-0.39, 0.29) is 5.56 Å². The molecule has 2 rings (SSSR count). The maximum atomic E-state index is 13.6. The van der Waals surface area contributed by atoms with Crippen molar-refractivity contribution in [3.8, 4) is 6.07 Å². The summed E-state index contributed by atoms with van der Waals surface area (Å²) in [6.07, 6.45) is 0. The lowest BCUT2D eigenvalue weighted by molar-refractivity contribution is -0.402. The highest BCUT2D eigenvalue weighted by atomic mass is 19.1. The highest BCUT2D eigenvalue weighted by Gasteiger charge is 2.28. The molecule has 6 nitrogen and oxygen atoms in total. The minimum absolute atomic E-state index is 0.331. The van der Waals surface area contributed by atoms with Gasteiger partial charge in [0.05, 0.1) is 12.1 Å². The SMILES string of the molecule is N#CC(C(=O)c1ccc([N+](=O)[O-])o1)c1ccc(F)cc1F. The topological polar surface area (TPSA) is 97.1 Å². The smallest absolute Gasteiger partial charge is 0.397 e. The first-order valence-electron chi connectivity index (χ1n) is 5.57. The highest BCUT2D eigenvalue weighted by Crippen LogP contribution is 2.26. The molecular formula is C13H6F2N2O4. The molecule has 0 saturated heterocycles. The first-order chi connectivity index (χ1) is 9.93. The van der Waals surface area contributed by atoms with Gasteiger partial charge in [-0.1, -0.05) is 6.07 Å². The van der Waals surface area contributed by atoms with E-state index in [1.165, 1.54) is 0 Å². The summed E-state index contributed by atoms with van der Waals surface area (Å²) in [5.74, 6) is -5.57. The summed E-state index contributed by atoms with van der Waals surface area (Å²) >= 11 is 0. The summed E-state index contributed by atoms with van der Waals surface area (Å²) in [5.41, 5.74) is -0.331. The van der Waals surface area contributed by atoms with Gasteiger partial charge in [-0.3, -0.25) is 14.9 Å². The zero-order valence-electron chi connectivity index (χ0n) is 10.2. The average molecular weight is 292 g/mol. The van der Waals surface area contributed by atoms with Crippen molar-refractivity contribution < 1.29 is 22.9 Å². The third kappa shape index (κ3) is 2.76. The van der Waals surface area contributed by atoms with Crippen LogP contribution in [0.15, 0.2) is 34.7 Å². The van der Waals surface area contributed by atoms with Gasteiger partial charge >= 0.3 is 5.88 Å². The Balaban J connectivity index is 2.38. The van der Waals surface area contributed by atoms with Crippen LogP contribution in [-0.4, -0.2) is 10.7 Å². The summed E-state index contributed by atoms with van der Waals surface area (Å²) in [5, 5.41) is 19.5. The van der Waals surface area contributed by atoms with Crippen molar-refractivity contribution in [2.45, 2.75) is 5.92 Å². The zero-order valence-corrected chi connectivity index (χ0v) is 10.2. The molecule has 0 spiro atoms. The van der Waals surface area contributed by atoms with E-state index < -0.39 is 39.9 Å². The van der Waals surface area contributed by atoms with Crippen molar-refractivity contribution in [3.05, 3.63) is 63.4 Å². The van der Waals surface area contributed by atoms with E-state index in [0.717, 1.165) is 24.3 Å². The number of Topliss-reactive ketones (excluding diaryl/α,β-unsaturated/α-hetero) is 1. The number of halogens is 2. The monoisotopic (exact) mass is 292 g/mol. The van der Waals surface area contributed by atoms with Crippen molar-refractivity contribution in [1.82, 2.24) is 0 Å². The molecule has 0 radical (unpaired) electrons. The van der Waals surface area contributed by atoms with E-state index in [1.807, 2.05) is 0 Å². The van der Waals surface area contributed by atoms with Gasteiger partial charge in [0.2, 0.25) is 5.78 Å². The molecule has 0 aliphatic rings. The van der Waals surface area contributed by atoms with Crippen LogP contribution in [0, 0.1) is 33.1 Å². The van der Waals surface area contributed by atoms with E-state index in [2.05, 4.69) is 4.42 Å². The van der Waals surface area contributed by atoms with Crippen LogP contribution in [0.4, 0.5) is 14.7 Å². The van der Waals surface area contributed by atoms with Gasteiger partial charge in [-0.05, 0) is 12.1 Å². The van der Waals surface area contributed by atoms with Crippen LogP contribution in [0.2, 0.25) is 0 Å². The molecule has 2 aromatic rings. The molecule has 0 fully saturated rings. The van der Waals surface area contributed by atoms with Crippen LogP contribution in [0.1, 0.15) is 22.0 Å². The van der Waals surface area contributed by atoms with Crippen molar-refractivity contribution >= 4 is 11.7 Å². The molecule has 1 atom stereocenters. The Kier molecular flexibility index (Phi) is 3.75. The first kappa shape index (κ1) is 14.3. The maximum Gasteiger partial charge on any atom is 0.433 e. The number of ketones is 1. The Morgan fingerprint density at radius 1 is 1.33 bits per heavy atom. The molecule has 1 aromatic carbocycles. The molecule has 0 amide bonds. The van der Waals surface area contributed by atoms with Crippen molar-refractivity contribution in [1.29, 1.82) is 5.26 Å². The van der Waals surface area contributed by atoms with Crippen LogP contribution in [-0.2, 0) is 0 Å². The summed E-state index contributed by atoms with van der Waals surface area (Å²) < 4.78 is 31.1. The van der Waals surface area contributed by atoms with E-state index in [0.29, 0.717) is 6.07 Å². The van der Waals surface area contributed by atoms with Gasteiger partial charge in [0.25, 0.3) is 0 Å². The fourth-order valence-corrected chi connectivity index (χ4v) is 1.71. The Morgan fingerprint density at radius 2 is 2.05 bits per heavy atom. The second-order valence-corrected chi connectivity index (χ2v) is 3.99. The molecule has 1 aromatic heterocycles. The molecule has 21 heavy (non-hydrogen) atoms. The van der Waals surface area contributed by atoms with Gasteiger partial charge in [0, 0.05) is 11.6 Å². The lowest BCUT2D eigenvalue weighted by Gasteiger charge is -2.07. The van der Waals surface area contributed by atoms with Crippen molar-refractivity contribution in [2.24, 2.45) is 0 Å². The van der Waals surface area contributed by atoms with Gasteiger partial charge in [-0.2, -0.15) is 5.26 Å². The van der Waals surface area contributed by atoms with Gasteiger partial charge in [-0.15, -0.1) is 0 Å².